The second kappa shape index (κ2) is 15.3. The number of amides is 3. The molecule has 3 amide bonds. The molecule has 46 heavy (non-hydrogen) atoms. The standard InChI is InChI=1S/C34H52ClN7O4/c1-10-11-12-13-14-15-20-25(46-24-19-17-16-18-23(24)37-26(44)21-36-22(2)43)30(45)38-34(8,9)33(6,7)31-40-39-29-27(35)28(32(3,4)5)41-42(29)31/h16-19,25,41H,10-15,20-21H2,1-9H3,(H,36,43)(H,37,44)(H,38,45). The number of aromatic nitrogens is 4. The van der Waals surface area contributed by atoms with Gasteiger partial charge < -0.3 is 20.7 Å². The van der Waals surface area contributed by atoms with E-state index in [0.717, 1.165) is 37.8 Å². The molecule has 0 saturated heterocycles. The fourth-order valence-corrected chi connectivity index (χ4v) is 5.56. The molecule has 0 spiro atoms. The number of ether oxygens (including phenoxy) is 1. The molecule has 1 atom stereocenters. The highest BCUT2D eigenvalue weighted by Gasteiger charge is 2.45. The Bertz CT molecular complexity index is 1500. The zero-order valence-electron chi connectivity index (χ0n) is 28.9. The molecule has 0 aliphatic carbocycles. The lowest BCUT2D eigenvalue weighted by Crippen LogP contribution is -2.59. The lowest BCUT2D eigenvalue weighted by molar-refractivity contribution is -0.130. The third kappa shape index (κ3) is 9.02. The number of unbranched alkanes of at least 4 members (excludes halogenated alkanes) is 5. The van der Waals surface area contributed by atoms with Gasteiger partial charge in [-0.25, -0.2) is 4.52 Å². The molecule has 4 N–H and O–H groups in total. The van der Waals surface area contributed by atoms with E-state index >= 15 is 0 Å². The Morgan fingerprint density at radius 3 is 2.28 bits per heavy atom. The van der Waals surface area contributed by atoms with Crippen LogP contribution in [0.15, 0.2) is 24.3 Å². The summed E-state index contributed by atoms with van der Waals surface area (Å²) in [7, 11) is 0. The summed E-state index contributed by atoms with van der Waals surface area (Å²) in [6.07, 6.45) is 6.07. The number of carbonyl (C=O) groups is 3. The molecular weight excluding hydrogens is 606 g/mol. The maximum atomic E-state index is 14.1. The van der Waals surface area contributed by atoms with Gasteiger partial charge in [-0.05, 0) is 38.8 Å². The first-order valence-corrected chi connectivity index (χ1v) is 16.6. The van der Waals surface area contributed by atoms with Crippen molar-refractivity contribution in [3.05, 3.63) is 40.8 Å². The molecule has 2 aromatic heterocycles. The smallest absolute Gasteiger partial charge is 0.261 e. The Hall–Kier alpha value is -3.60. The van der Waals surface area contributed by atoms with Crippen molar-refractivity contribution in [3.63, 3.8) is 0 Å². The number of nitrogens with zero attached hydrogens (tertiary/aromatic N) is 3. The van der Waals surface area contributed by atoms with Crippen LogP contribution in [0.1, 0.15) is 119 Å². The highest BCUT2D eigenvalue weighted by Crippen LogP contribution is 2.37. The Balaban J connectivity index is 1.86. The average Bonchev–Trinajstić information content (AvgIpc) is 3.54. The largest absolute Gasteiger partial charge is 0.478 e. The Morgan fingerprint density at radius 2 is 1.63 bits per heavy atom. The topological polar surface area (TPSA) is 143 Å². The van der Waals surface area contributed by atoms with Crippen LogP contribution in [0.2, 0.25) is 5.02 Å². The van der Waals surface area contributed by atoms with Crippen LogP contribution in [0.25, 0.3) is 5.65 Å². The SMILES string of the molecule is CCCCCCCCC(Oc1ccccc1NC(=O)CNC(C)=O)C(=O)NC(C)(C)C(C)(C)c1nnc2c(Cl)c(C(C)(C)C)[nH]n12. The van der Waals surface area contributed by atoms with Gasteiger partial charge in [-0.3, -0.25) is 19.5 Å². The van der Waals surface area contributed by atoms with E-state index < -0.39 is 23.0 Å². The van der Waals surface area contributed by atoms with Crippen molar-refractivity contribution in [1.29, 1.82) is 0 Å². The molecule has 0 saturated carbocycles. The zero-order valence-corrected chi connectivity index (χ0v) is 29.7. The maximum absolute atomic E-state index is 14.1. The normalized spacial score (nSPS) is 13.0. The summed E-state index contributed by atoms with van der Waals surface area (Å²) in [5, 5.41) is 21.3. The number of halogens is 1. The molecule has 0 fully saturated rings. The van der Waals surface area contributed by atoms with Crippen LogP contribution < -0.4 is 20.7 Å². The van der Waals surface area contributed by atoms with Crippen molar-refractivity contribution in [2.75, 3.05) is 11.9 Å². The molecule has 0 radical (unpaired) electrons. The van der Waals surface area contributed by atoms with Gasteiger partial charge in [0.1, 0.15) is 10.8 Å². The van der Waals surface area contributed by atoms with E-state index in [2.05, 4.69) is 58.9 Å². The van der Waals surface area contributed by atoms with Crippen LogP contribution in [0.5, 0.6) is 5.75 Å². The summed E-state index contributed by atoms with van der Waals surface area (Å²) >= 11 is 6.70. The number of anilines is 1. The number of fused-ring (bicyclic) bond motifs is 1. The highest BCUT2D eigenvalue weighted by atomic mass is 35.5. The summed E-state index contributed by atoms with van der Waals surface area (Å²) < 4.78 is 8.17. The van der Waals surface area contributed by atoms with Crippen LogP contribution >= 0.6 is 11.6 Å². The fraction of sp³-hybridized carbons (Fsp3) is 0.618. The first-order chi connectivity index (χ1) is 21.5. The second-order valence-corrected chi connectivity index (χ2v) is 14.5. The number of carbonyl (C=O) groups excluding carboxylic acids is 3. The predicted molar refractivity (Wildman–Crippen MR) is 182 cm³/mol. The van der Waals surface area contributed by atoms with Crippen molar-refractivity contribution in [3.8, 4) is 5.75 Å². The van der Waals surface area contributed by atoms with E-state index in [-0.39, 0.29) is 23.8 Å². The Kier molecular flexibility index (Phi) is 12.3. The highest BCUT2D eigenvalue weighted by molar-refractivity contribution is 6.34. The fourth-order valence-electron chi connectivity index (χ4n) is 5.11. The monoisotopic (exact) mass is 657 g/mol. The van der Waals surface area contributed by atoms with Gasteiger partial charge in [0, 0.05) is 23.3 Å². The summed E-state index contributed by atoms with van der Waals surface area (Å²) in [6.45, 7) is 17.5. The van der Waals surface area contributed by atoms with Crippen LogP contribution in [-0.2, 0) is 25.2 Å². The number of hydrogen-bond acceptors (Lipinski definition) is 6. The van der Waals surface area contributed by atoms with Gasteiger partial charge in [-0.2, -0.15) is 0 Å². The number of hydrogen-bond donors (Lipinski definition) is 4. The summed E-state index contributed by atoms with van der Waals surface area (Å²) in [4.78, 5) is 37.8. The summed E-state index contributed by atoms with van der Waals surface area (Å²) in [5.74, 6) is 0.0285. The van der Waals surface area contributed by atoms with Gasteiger partial charge >= 0.3 is 0 Å². The van der Waals surface area contributed by atoms with Gasteiger partial charge in [-0.15, -0.1) is 10.2 Å². The minimum Gasteiger partial charge on any atom is -0.478 e. The van der Waals surface area contributed by atoms with Crippen molar-refractivity contribution >= 4 is 40.7 Å². The molecule has 12 heteroatoms. The predicted octanol–water partition coefficient (Wildman–Crippen LogP) is 6.45. The van der Waals surface area contributed by atoms with Gasteiger partial charge in [-0.1, -0.05) is 97.4 Å². The number of nitrogens with one attached hydrogen (secondary N) is 4. The molecular formula is C34H52ClN7O4. The molecule has 254 valence electrons. The summed E-state index contributed by atoms with van der Waals surface area (Å²) in [6, 6.07) is 6.99. The zero-order chi connectivity index (χ0) is 34.3. The lowest BCUT2D eigenvalue weighted by Gasteiger charge is -2.41. The lowest BCUT2D eigenvalue weighted by atomic mass is 9.73. The van der Waals surface area contributed by atoms with Gasteiger partial charge in [0.2, 0.25) is 11.8 Å². The van der Waals surface area contributed by atoms with Crippen molar-refractivity contribution in [2.45, 2.75) is 130 Å². The third-order valence-electron chi connectivity index (χ3n) is 8.65. The van der Waals surface area contributed by atoms with Gasteiger partial charge in [0.15, 0.2) is 17.6 Å². The molecule has 3 rings (SSSR count). The number of aromatic amines is 1. The molecule has 0 aliphatic rings. The number of H-pyrrole nitrogens is 1. The first kappa shape index (κ1) is 36.9. The number of para-hydroxylation sites is 2. The van der Waals surface area contributed by atoms with Crippen LogP contribution in [-0.4, -0.2) is 55.7 Å². The van der Waals surface area contributed by atoms with E-state index in [0.29, 0.717) is 34.4 Å². The molecule has 0 aliphatic heterocycles. The van der Waals surface area contributed by atoms with E-state index in [4.69, 9.17) is 16.3 Å². The molecule has 1 unspecified atom stereocenters. The van der Waals surface area contributed by atoms with Crippen molar-refractivity contribution < 1.29 is 19.1 Å². The minimum atomic E-state index is -0.819. The van der Waals surface area contributed by atoms with E-state index in [1.807, 2.05) is 27.7 Å². The van der Waals surface area contributed by atoms with Crippen molar-refractivity contribution in [2.24, 2.45) is 0 Å². The van der Waals surface area contributed by atoms with E-state index in [1.54, 1.807) is 28.8 Å². The van der Waals surface area contributed by atoms with Crippen LogP contribution in [0, 0.1) is 0 Å². The van der Waals surface area contributed by atoms with E-state index in [9.17, 15) is 14.4 Å². The number of benzene rings is 1. The van der Waals surface area contributed by atoms with E-state index in [1.165, 1.54) is 13.3 Å². The van der Waals surface area contributed by atoms with Crippen LogP contribution in [0.4, 0.5) is 5.69 Å². The summed E-state index contributed by atoms with van der Waals surface area (Å²) in [5.41, 5.74) is 0.0744. The van der Waals surface area contributed by atoms with Crippen LogP contribution in [0.3, 0.4) is 0 Å². The molecule has 1 aromatic carbocycles. The maximum Gasteiger partial charge on any atom is 0.261 e. The third-order valence-corrected chi connectivity index (χ3v) is 9.01. The van der Waals surface area contributed by atoms with Gasteiger partial charge in [0.05, 0.1) is 17.9 Å². The molecule has 0 bridgehead atoms. The number of rotatable bonds is 16. The quantitative estimate of drug-likeness (QED) is 0.130. The van der Waals surface area contributed by atoms with Gasteiger partial charge in [0.25, 0.3) is 5.91 Å². The average molecular weight is 658 g/mol. The first-order valence-electron chi connectivity index (χ1n) is 16.2. The molecule has 3 aromatic rings. The Morgan fingerprint density at radius 1 is 0.978 bits per heavy atom. The van der Waals surface area contributed by atoms with Crippen molar-refractivity contribution in [1.82, 2.24) is 30.4 Å². The second-order valence-electron chi connectivity index (χ2n) is 14.1. The molecule has 11 nitrogen and oxygen atoms in total. The molecule has 2 heterocycles. The Labute approximate surface area is 278 Å². The minimum absolute atomic E-state index is 0.173.